The summed E-state index contributed by atoms with van der Waals surface area (Å²) in [6.07, 6.45) is 3.01. The van der Waals surface area contributed by atoms with Gasteiger partial charge in [-0.25, -0.2) is 0 Å². The number of benzene rings is 1. The van der Waals surface area contributed by atoms with Crippen molar-refractivity contribution in [1.29, 1.82) is 0 Å². The van der Waals surface area contributed by atoms with Gasteiger partial charge in [0.1, 0.15) is 5.56 Å². The second-order valence-corrected chi connectivity index (χ2v) is 6.16. The molecular weight excluding hydrogens is 370 g/mol. The number of carbonyl (C=O) groups excluding carboxylic acids is 1. The molecular formula is C18H12ClN5O3. The van der Waals surface area contributed by atoms with Gasteiger partial charge in [-0.15, -0.1) is 0 Å². The van der Waals surface area contributed by atoms with E-state index in [1.54, 1.807) is 42.6 Å². The summed E-state index contributed by atoms with van der Waals surface area (Å²) in [5.74, 6) is -0.661. The lowest BCUT2D eigenvalue weighted by Crippen LogP contribution is -2.20. The number of pyridine rings is 1. The number of nitrogens with zero attached hydrogens (tertiary/aromatic N) is 2. The Hall–Kier alpha value is -3.65. The van der Waals surface area contributed by atoms with Crippen LogP contribution in [0.4, 0.5) is 5.69 Å². The molecule has 1 amide bonds. The highest BCUT2D eigenvalue weighted by molar-refractivity contribution is 6.30. The predicted octanol–water partition coefficient (Wildman–Crippen LogP) is 2.28. The second-order valence-electron chi connectivity index (χ2n) is 5.73. The van der Waals surface area contributed by atoms with Crippen molar-refractivity contribution in [3.05, 3.63) is 86.2 Å². The van der Waals surface area contributed by atoms with Crippen LogP contribution in [0.5, 0.6) is 0 Å². The van der Waals surface area contributed by atoms with E-state index < -0.39 is 17.0 Å². The first-order valence-corrected chi connectivity index (χ1v) is 8.26. The number of aromatic amines is 2. The van der Waals surface area contributed by atoms with Crippen molar-refractivity contribution in [1.82, 2.24) is 19.6 Å². The number of hydrogen-bond acceptors (Lipinski definition) is 4. The Kier molecular flexibility index (Phi) is 4.09. The van der Waals surface area contributed by atoms with Crippen molar-refractivity contribution in [3.8, 4) is 11.3 Å². The van der Waals surface area contributed by atoms with E-state index in [2.05, 4.69) is 20.4 Å². The summed E-state index contributed by atoms with van der Waals surface area (Å²) in [5.41, 5.74) is 0.175. The number of amides is 1. The van der Waals surface area contributed by atoms with E-state index in [4.69, 9.17) is 11.6 Å². The largest absolute Gasteiger partial charge is 0.339 e. The number of H-pyrrole nitrogens is 2. The van der Waals surface area contributed by atoms with Crippen molar-refractivity contribution in [2.24, 2.45) is 0 Å². The summed E-state index contributed by atoms with van der Waals surface area (Å²) < 4.78 is 0.995. The van der Waals surface area contributed by atoms with E-state index in [9.17, 15) is 14.4 Å². The van der Waals surface area contributed by atoms with Crippen LogP contribution < -0.4 is 16.4 Å². The Bertz CT molecular complexity index is 1270. The van der Waals surface area contributed by atoms with E-state index in [1.165, 1.54) is 12.3 Å². The third-order valence-corrected chi connectivity index (χ3v) is 4.16. The van der Waals surface area contributed by atoms with Gasteiger partial charge >= 0.3 is 0 Å². The highest BCUT2D eigenvalue weighted by atomic mass is 35.5. The standard InChI is InChI=1S/C18H12ClN5O3/c19-11-4-1-3-10(7-11)13-8-14(25)24-16(22-13)15(18(27)23-24)17(26)21-12-5-2-6-20-9-12/h1-9,22H,(H,21,26)(H,23,27). The fraction of sp³-hybridized carbons (Fsp3) is 0. The lowest BCUT2D eigenvalue weighted by molar-refractivity contribution is 0.102. The Morgan fingerprint density at radius 3 is 2.74 bits per heavy atom. The third-order valence-electron chi connectivity index (χ3n) is 3.92. The second kappa shape index (κ2) is 6.58. The highest BCUT2D eigenvalue weighted by Gasteiger charge is 2.20. The maximum Gasteiger partial charge on any atom is 0.279 e. The molecule has 0 saturated heterocycles. The van der Waals surface area contributed by atoms with Crippen molar-refractivity contribution in [2.75, 3.05) is 5.32 Å². The van der Waals surface area contributed by atoms with Crippen LogP contribution in [0.25, 0.3) is 16.9 Å². The van der Waals surface area contributed by atoms with Crippen LogP contribution in [0.1, 0.15) is 10.4 Å². The topological polar surface area (TPSA) is 112 Å². The smallest absolute Gasteiger partial charge is 0.279 e. The van der Waals surface area contributed by atoms with Crippen molar-refractivity contribution in [3.63, 3.8) is 0 Å². The quantitative estimate of drug-likeness (QED) is 0.505. The SMILES string of the molecule is O=C(Nc1cccnc1)c1c(=O)[nH]n2c(=O)cc(-c3cccc(Cl)c3)[nH]c12. The molecule has 3 heterocycles. The van der Waals surface area contributed by atoms with E-state index in [1.807, 2.05) is 0 Å². The van der Waals surface area contributed by atoms with Crippen LogP contribution in [-0.2, 0) is 0 Å². The molecule has 4 aromatic rings. The highest BCUT2D eigenvalue weighted by Crippen LogP contribution is 2.20. The number of rotatable bonds is 3. The Balaban J connectivity index is 1.86. The Labute approximate surface area is 156 Å². The number of anilines is 1. The third kappa shape index (κ3) is 3.13. The van der Waals surface area contributed by atoms with Gasteiger partial charge in [-0.3, -0.25) is 24.5 Å². The predicted molar refractivity (Wildman–Crippen MR) is 101 cm³/mol. The van der Waals surface area contributed by atoms with E-state index in [-0.39, 0.29) is 11.2 Å². The average molecular weight is 382 g/mol. The van der Waals surface area contributed by atoms with Crippen LogP contribution in [0.2, 0.25) is 5.02 Å². The minimum atomic E-state index is -0.687. The average Bonchev–Trinajstić information content (AvgIpc) is 2.99. The fourth-order valence-corrected chi connectivity index (χ4v) is 2.91. The zero-order valence-corrected chi connectivity index (χ0v) is 14.4. The molecule has 1 aromatic carbocycles. The van der Waals surface area contributed by atoms with Crippen LogP contribution in [0.3, 0.4) is 0 Å². The molecule has 8 nitrogen and oxygen atoms in total. The Morgan fingerprint density at radius 1 is 1.15 bits per heavy atom. The molecule has 0 aliphatic heterocycles. The van der Waals surface area contributed by atoms with Crippen molar-refractivity contribution < 1.29 is 4.79 Å². The van der Waals surface area contributed by atoms with Crippen molar-refractivity contribution >= 4 is 28.8 Å². The van der Waals surface area contributed by atoms with E-state index >= 15 is 0 Å². The zero-order chi connectivity index (χ0) is 19.0. The van der Waals surface area contributed by atoms with Gasteiger partial charge < -0.3 is 10.3 Å². The number of aromatic nitrogens is 4. The van der Waals surface area contributed by atoms with Gasteiger partial charge in [0.15, 0.2) is 5.65 Å². The van der Waals surface area contributed by atoms with Gasteiger partial charge in [0.25, 0.3) is 17.0 Å². The number of fused-ring (bicyclic) bond motifs is 1. The summed E-state index contributed by atoms with van der Waals surface area (Å²) in [4.78, 5) is 44.2. The summed E-state index contributed by atoms with van der Waals surface area (Å²) in [6, 6.07) is 11.5. The molecule has 4 rings (SSSR count). The van der Waals surface area contributed by atoms with Crippen LogP contribution in [0.15, 0.2) is 64.4 Å². The molecule has 9 heteroatoms. The maximum atomic E-state index is 12.6. The minimum Gasteiger partial charge on any atom is -0.339 e. The number of halogens is 1. The van der Waals surface area contributed by atoms with E-state index in [0.29, 0.717) is 22.0 Å². The fourth-order valence-electron chi connectivity index (χ4n) is 2.72. The van der Waals surface area contributed by atoms with E-state index in [0.717, 1.165) is 4.52 Å². The molecule has 0 fully saturated rings. The molecule has 0 atom stereocenters. The molecule has 0 unspecified atom stereocenters. The molecule has 0 spiro atoms. The van der Waals surface area contributed by atoms with Crippen LogP contribution in [0, 0.1) is 0 Å². The molecule has 0 aliphatic rings. The van der Waals surface area contributed by atoms with Gasteiger partial charge in [-0.1, -0.05) is 23.7 Å². The Morgan fingerprint density at radius 2 is 2.00 bits per heavy atom. The minimum absolute atomic E-state index is 0.0591. The normalized spacial score (nSPS) is 10.9. The van der Waals surface area contributed by atoms with Gasteiger partial charge in [0.05, 0.1) is 17.6 Å². The summed E-state index contributed by atoms with van der Waals surface area (Å²) in [5, 5.41) is 5.45. The van der Waals surface area contributed by atoms with Crippen LogP contribution >= 0.6 is 11.6 Å². The lowest BCUT2D eigenvalue weighted by Gasteiger charge is -2.06. The molecule has 0 saturated carbocycles. The molecule has 27 heavy (non-hydrogen) atoms. The first kappa shape index (κ1) is 16.8. The van der Waals surface area contributed by atoms with Crippen molar-refractivity contribution in [2.45, 2.75) is 0 Å². The van der Waals surface area contributed by atoms with Gasteiger partial charge in [-0.05, 0) is 29.8 Å². The zero-order valence-electron chi connectivity index (χ0n) is 13.7. The molecule has 0 aliphatic carbocycles. The lowest BCUT2D eigenvalue weighted by atomic mass is 10.1. The first-order chi connectivity index (χ1) is 13.0. The van der Waals surface area contributed by atoms with Gasteiger partial charge in [0, 0.05) is 17.3 Å². The maximum absolute atomic E-state index is 12.6. The van der Waals surface area contributed by atoms with Gasteiger partial charge in [0.2, 0.25) is 0 Å². The number of carbonyl (C=O) groups is 1. The molecule has 0 radical (unpaired) electrons. The molecule has 0 bridgehead atoms. The molecule has 3 N–H and O–H groups in total. The number of hydrogen-bond donors (Lipinski definition) is 3. The number of nitrogens with one attached hydrogen (secondary N) is 3. The molecule has 134 valence electrons. The van der Waals surface area contributed by atoms with Crippen LogP contribution in [-0.4, -0.2) is 25.5 Å². The first-order valence-electron chi connectivity index (χ1n) is 7.88. The van der Waals surface area contributed by atoms with Gasteiger partial charge in [-0.2, -0.15) is 4.52 Å². The summed E-state index contributed by atoms with van der Waals surface area (Å²) >= 11 is 6.01. The summed E-state index contributed by atoms with van der Waals surface area (Å²) in [7, 11) is 0. The monoisotopic (exact) mass is 381 g/mol. The summed E-state index contributed by atoms with van der Waals surface area (Å²) in [6.45, 7) is 0. The molecule has 3 aromatic heterocycles.